The smallest absolute Gasteiger partial charge is 0.289 e. The van der Waals surface area contributed by atoms with Crippen LogP contribution < -0.4 is 4.90 Å². The Labute approximate surface area is 139 Å². The summed E-state index contributed by atoms with van der Waals surface area (Å²) in [7, 11) is 0. The van der Waals surface area contributed by atoms with E-state index in [0.717, 1.165) is 35.4 Å². The van der Waals surface area contributed by atoms with Gasteiger partial charge in [0.2, 0.25) is 0 Å². The van der Waals surface area contributed by atoms with Crippen molar-refractivity contribution in [3.63, 3.8) is 0 Å². The Morgan fingerprint density at radius 2 is 1.88 bits per heavy atom. The molecule has 0 spiro atoms. The third-order valence-electron chi connectivity index (χ3n) is 4.37. The van der Waals surface area contributed by atoms with E-state index in [9.17, 15) is 4.79 Å². The van der Waals surface area contributed by atoms with Crippen LogP contribution >= 0.6 is 0 Å². The highest BCUT2D eigenvalue weighted by atomic mass is 16.3. The van der Waals surface area contributed by atoms with Crippen LogP contribution in [-0.2, 0) is 0 Å². The van der Waals surface area contributed by atoms with Gasteiger partial charge >= 0.3 is 0 Å². The molecule has 1 saturated heterocycles. The number of amides is 1. The van der Waals surface area contributed by atoms with Crippen LogP contribution in [-0.4, -0.2) is 47.2 Å². The number of anilines is 1. The third-order valence-corrected chi connectivity index (χ3v) is 4.37. The van der Waals surface area contributed by atoms with Crippen molar-refractivity contribution < 1.29 is 9.21 Å². The molecule has 0 aliphatic carbocycles. The molecule has 24 heavy (non-hydrogen) atoms. The topological polar surface area (TPSA) is 62.5 Å². The van der Waals surface area contributed by atoms with E-state index in [1.165, 1.54) is 0 Å². The average Bonchev–Trinajstić information content (AvgIpc) is 3.07. The number of aryl methyl sites for hydroxylation is 1. The molecule has 0 N–H and O–H groups in total. The fraction of sp³-hybridized carbons (Fsp3) is 0.278. The molecule has 1 aromatic carbocycles. The minimum absolute atomic E-state index is 0.0493. The number of rotatable bonds is 2. The van der Waals surface area contributed by atoms with Crippen molar-refractivity contribution in [2.24, 2.45) is 0 Å². The molecule has 4 rings (SSSR count). The van der Waals surface area contributed by atoms with Crippen molar-refractivity contribution in [1.82, 2.24) is 15.1 Å². The molecular formula is C18H18N4O2. The van der Waals surface area contributed by atoms with Crippen LogP contribution in [0.3, 0.4) is 0 Å². The van der Waals surface area contributed by atoms with E-state index in [-0.39, 0.29) is 5.91 Å². The molecule has 122 valence electrons. The molecule has 1 aliphatic heterocycles. The van der Waals surface area contributed by atoms with Gasteiger partial charge in [0.25, 0.3) is 5.91 Å². The van der Waals surface area contributed by atoms with E-state index in [1.54, 1.807) is 12.3 Å². The monoisotopic (exact) mass is 322 g/mol. The standard InChI is InChI=1S/C18H18N4O2/c1-13-6-7-16(24-13)18(23)22-10-8-21(9-11-22)17-15-5-3-2-4-14(15)12-19-20-17/h2-7,12H,8-11H2,1H3. The maximum absolute atomic E-state index is 12.5. The van der Waals surface area contributed by atoms with Gasteiger partial charge in [-0.2, -0.15) is 5.10 Å². The number of hydrogen-bond acceptors (Lipinski definition) is 5. The van der Waals surface area contributed by atoms with Crippen LogP contribution in [0.15, 0.2) is 47.0 Å². The molecule has 0 saturated carbocycles. The Morgan fingerprint density at radius 1 is 1.08 bits per heavy atom. The van der Waals surface area contributed by atoms with Gasteiger partial charge in [0.15, 0.2) is 11.6 Å². The molecule has 3 aromatic rings. The number of furan rings is 1. The number of piperazine rings is 1. The van der Waals surface area contributed by atoms with Gasteiger partial charge in [0.1, 0.15) is 5.76 Å². The van der Waals surface area contributed by atoms with Crippen LogP contribution in [0, 0.1) is 6.92 Å². The second-order valence-electron chi connectivity index (χ2n) is 5.94. The minimum Gasteiger partial charge on any atom is -0.456 e. The van der Waals surface area contributed by atoms with Crippen LogP contribution in [0.4, 0.5) is 5.82 Å². The Hall–Kier alpha value is -2.89. The number of fused-ring (bicyclic) bond motifs is 1. The first-order valence-electron chi connectivity index (χ1n) is 8.03. The maximum atomic E-state index is 12.5. The molecule has 1 fully saturated rings. The SMILES string of the molecule is Cc1ccc(C(=O)N2CCN(c3nncc4ccccc34)CC2)o1. The molecule has 1 amide bonds. The highest BCUT2D eigenvalue weighted by molar-refractivity contribution is 5.93. The van der Waals surface area contributed by atoms with Gasteiger partial charge < -0.3 is 14.2 Å². The van der Waals surface area contributed by atoms with Gasteiger partial charge in [-0.15, -0.1) is 5.10 Å². The zero-order chi connectivity index (χ0) is 16.5. The summed E-state index contributed by atoms with van der Waals surface area (Å²) in [6, 6.07) is 11.6. The van der Waals surface area contributed by atoms with Crippen molar-refractivity contribution in [3.8, 4) is 0 Å². The van der Waals surface area contributed by atoms with Gasteiger partial charge in [0, 0.05) is 37.0 Å². The highest BCUT2D eigenvalue weighted by Crippen LogP contribution is 2.24. The average molecular weight is 322 g/mol. The van der Waals surface area contributed by atoms with E-state index in [1.807, 2.05) is 36.1 Å². The van der Waals surface area contributed by atoms with E-state index < -0.39 is 0 Å². The lowest BCUT2D eigenvalue weighted by Gasteiger charge is -2.35. The molecule has 0 unspecified atom stereocenters. The fourth-order valence-electron chi connectivity index (χ4n) is 3.07. The third kappa shape index (κ3) is 2.60. The number of hydrogen-bond donors (Lipinski definition) is 0. The van der Waals surface area contributed by atoms with Gasteiger partial charge in [-0.1, -0.05) is 24.3 Å². The quantitative estimate of drug-likeness (QED) is 0.725. The van der Waals surface area contributed by atoms with Crippen LogP contribution in [0.2, 0.25) is 0 Å². The van der Waals surface area contributed by atoms with Crippen molar-refractivity contribution in [2.75, 3.05) is 31.1 Å². The molecule has 6 heteroatoms. The van der Waals surface area contributed by atoms with Crippen molar-refractivity contribution in [1.29, 1.82) is 0 Å². The van der Waals surface area contributed by atoms with E-state index in [4.69, 9.17) is 4.42 Å². The number of aromatic nitrogens is 2. The summed E-state index contributed by atoms with van der Waals surface area (Å²) in [5.74, 6) is 2.00. The first kappa shape index (κ1) is 14.7. The Bertz CT molecular complexity index is 876. The van der Waals surface area contributed by atoms with Crippen molar-refractivity contribution >= 4 is 22.5 Å². The Balaban J connectivity index is 1.50. The van der Waals surface area contributed by atoms with Gasteiger partial charge in [-0.3, -0.25) is 4.79 Å². The summed E-state index contributed by atoms with van der Waals surface area (Å²) in [6.07, 6.45) is 1.78. The summed E-state index contributed by atoms with van der Waals surface area (Å²) in [5.41, 5.74) is 0. The Kier molecular flexibility index (Phi) is 3.65. The number of nitrogens with zero attached hydrogens (tertiary/aromatic N) is 4. The number of benzene rings is 1. The minimum atomic E-state index is -0.0493. The second kappa shape index (κ2) is 5.96. The lowest BCUT2D eigenvalue weighted by atomic mass is 10.1. The zero-order valence-electron chi connectivity index (χ0n) is 13.5. The molecule has 2 aromatic heterocycles. The van der Waals surface area contributed by atoms with Crippen molar-refractivity contribution in [3.05, 3.63) is 54.1 Å². The van der Waals surface area contributed by atoms with Crippen molar-refractivity contribution in [2.45, 2.75) is 6.92 Å². The van der Waals surface area contributed by atoms with Crippen LogP contribution in [0.5, 0.6) is 0 Å². The zero-order valence-corrected chi connectivity index (χ0v) is 13.5. The molecule has 0 atom stereocenters. The van der Waals surface area contributed by atoms with Crippen LogP contribution in [0.1, 0.15) is 16.3 Å². The van der Waals surface area contributed by atoms with E-state index in [2.05, 4.69) is 21.2 Å². The molecule has 0 bridgehead atoms. The van der Waals surface area contributed by atoms with E-state index >= 15 is 0 Å². The van der Waals surface area contributed by atoms with Crippen LogP contribution in [0.25, 0.3) is 10.8 Å². The van der Waals surface area contributed by atoms with Gasteiger partial charge in [-0.05, 0) is 19.1 Å². The summed E-state index contributed by atoms with van der Waals surface area (Å²) < 4.78 is 5.44. The first-order valence-corrected chi connectivity index (χ1v) is 8.03. The predicted octanol–water partition coefficient (Wildman–Crippen LogP) is 2.49. The van der Waals surface area contributed by atoms with E-state index in [0.29, 0.717) is 18.8 Å². The molecule has 1 aliphatic rings. The number of carbonyl (C=O) groups is 1. The largest absolute Gasteiger partial charge is 0.456 e. The lowest BCUT2D eigenvalue weighted by Crippen LogP contribution is -2.49. The summed E-state index contributed by atoms with van der Waals surface area (Å²) in [5, 5.41) is 10.6. The maximum Gasteiger partial charge on any atom is 0.289 e. The summed E-state index contributed by atoms with van der Waals surface area (Å²) >= 11 is 0. The number of carbonyl (C=O) groups excluding carboxylic acids is 1. The summed E-state index contributed by atoms with van der Waals surface area (Å²) in [6.45, 7) is 4.59. The normalized spacial score (nSPS) is 15.0. The van der Waals surface area contributed by atoms with Gasteiger partial charge in [0.05, 0.1) is 6.20 Å². The molecule has 0 radical (unpaired) electrons. The lowest BCUT2D eigenvalue weighted by molar-refractivity contribution is 0.0713. The summed E-state index contributed by atoms with van der Waals surface area (Å²) in [4.78, 5) is 16.5. The first-order chi connectivity index (χ1) is 11.7. The molecule has 6 nitrogen and oxygen atoms in total. The van der Waals surface area contributed by atoms with Gasteiger partial charge in [-0.25, -0.2) is 0 Å². The molecule has 3 heterocycles. The predicted molar refractivity (Wildman–Crippen MR) is 91.1 cm³/mol. The fourth-order valence-corrected chi connectivity index (χ4v) is 3.07. The Morgan fingerprint density at radius 3 is 2.62 bits per heavy atom. The highest BCUT2D eigenvalue weighted by Gasteiger charge is 2.25. The second-order valence-corrected chi connectivity index (χ2v) is 5.94. The molecular weight excluding hydrogens is 304 g/mol.